The van der Waals surface area contributed by atoms with Crippen molar-refractivity contribution in [3.05, 3.63) is 35.4 Å². The van der Waals surface area contributed by atoms with Gasteiger partial charge in [0.1, 0.15) is 0 Å². The van der Waals surface area contributed by atoms with E-state index in [1.165, 1.54) is 37.1 Å². The molecule has 0 radical (unpaired) electrons. The first-order valence-electron chi connectivity index (χ1n) is 6.28. The molecular weight excluding hydrogens is 196 g/mol. The molecule has 0 saturated carbocycles. The highest BCUT2D eigenvalue weighted by Gasteiger charge is 2.12. The third kappa shape index (κ3) is 2.83. The van der Waals surface area contributed by atoms with Gasteiger partial charge in [-0.1, -0.05) is 24.3 Å². The van der Waals surface area contributed by atoms with Crippen LogP contribution in [-0.2, 0) is 6.54 Å². The van der Waals surface area contributed by atoms with Gasteiger partial charge in [0.25, 0.3) is 0 Å². The van der Waals surface area contributed by atoms with Crippen LogP contribution < -0.4 is 5.32 Å². The van der Waals surface area contributed by atoms with Gasteiger partial charge in [-0.05, 0) is 51.0 Å². The van der Waals surface area contributed by atoms with Crippen LogP contribution in [0, 0.1) is 0 Å². The third-order valence-corrected chi connectivity index (χ3v) is 3.49. The van der Waals surface area contributed by atoms with Crippen LogP contribution in [-0.4, -0.2) is 25.0 Å². The van der Waals surface area contributed by atoms with Crippen LogP contribution in [0.2, 0.25) is 0 Å². The van der Waals surface area contributed by atoms with Crippen LogP contribution in [0.4, 0.5) is 0 Å². The summed E-state index contributed by atoms with van der Waals surface area (Å²) in [6, 6.07) is 9.39. The average molecular weight is 218 g/mol. The van der Waals surface area contributed by atoms with E-state index >= 15 is 0 Å². The number of hydrogen-bond acceptors (Lipinski definition) is 2. The van der Waals surface area contributed by atoms with Crippen molar-refractivity contribution in [1.82, 2.24) is 10.2 Å². The first-order valence-corrected chi connectivity index (χ1v) is 6.28. The van der Waals surface area contributed by atoms with E-state index in [1.807, 2.05) is 7.05 Å². The highest BCUT2D eigenvalue weighted by molar-refractivity contribution is 5.25. The van der Waals surface area contributed by atoms with Crippen LogP contribution in [0.25, 0.3) is 0 Å². The lowest BCUT2D eigenvalue weighted by atomic mass is 10.1. The molecule has 1 atom stereocenters. The molecule has 0 amide bonds. The fraction of sp³-hybridized carbons (Fsp3) is 0.571. The minimum absolute atomic E-state index is 0.443. The smallest absolute Gasteiger partial charge is 0.0289 e. The predicted molar refractivity (Wildman–Crippen MR) is 68.4 cm³/mol. The van der Waals surface area contributed by atoms with Gasteiger partial charge in [-0.15, -0.1) is 0 Å². The first kappa shape index (κ1) is 11.6. The maximum absolute atomic E-state index is 3.29. The second kappa shape index (κ2) is 5.46. The standard InChI is InChI=1S/C14H22N2/c1-12(15-2)14-7-5-6-13(10-14)11-16-8-3-4-9-16/h5-7,10,12,15H,3-4,8-9,11H2,1-2H3/t12-/m0/s1. The van der Waals surface area contributed by atoms with Crippen LogP contribution >= 0.6 is 0 Å². The van der Waals surface area contributed by atoms with Crippen LogP contribution in [0.15, 0.2) is 24.3 Å². The van der Waals surface area contributed by atoms with Gasteiger partial charge in [0.05, 0.1) is 0 Å². The molecule has 88 valence electrons. The van der Waals surface area contributed by atoms with Crippen LogP contribution in [0.3, 0.4) is 0 Å². The van der Waals surface area contributed by atoms with Crippen molar-refractivity contribution >= 4 is 0 Å². The Balaban J connectivity index is 2.03. The fourth-order valence-corrected chi connectivity index (χ4v) is 2.33. The predicted octanol–water partition coefficient (Wildman–Crippen LogP) is 2.56. The van der Waals surface area contributed by atoms with Crippen molar-refractivity contribution in [1.29, 1.82) is 0 Å². The second-order valence-electron chi connectivity index (χ2n) is 4.74. The van der Waals surface area contributed by atoms with E-state index in [0.29, 0.717) is 6.04 Å². The molecule has 0 spiro atoms. The van der Waals surface area contributed by atoms with Crippen molar-refractivity contribution in [3.63, 3.8) is 0 Å². The molecule has 16 heavy (non-hydrogen) atoms. The fourth-order valence-electron chi connectivity index (χ4n) is 2.33. The summed E-state index contributed by atoms with van der Waals surface area (Å²) < 4.78 is 0. The van der Waals surface area contributed by atoms with Gasteiger partial charge in [0.2, 0.25) is 0 Å². The van der Waals surface area contributed by atoms with Crippen LogP contribution in [0.5, 0.6) is 0 Å². The molecule has 1 saturated heterocycles. The van der Waals surface area contributed by atoms with Gasteiger partial charge in [0.15, 0.2) is 0 Å². The number of nitrogens with one attached hydrogen (secondary N) is 1. The molecule has 1 N–H and O–H groups in total. The molecule has 1 aromatic rings. The SMILES string of the molecule is CN[C@@H](C)c1cccc(CN2CCCC2)c1. The maximum atomic E-state index is 3.29. The minimum Gasteiger partial charge on any atom is -0.313 e. The van der Waals surface area contributed by atoms with Gasteiger partial charge in [-0.25, -0.2) is 0 Å². The Kier molecular flexibility index (Phi) is 3.97. The van der Waals surface area contributed by atoms with Crippen molar-refractivity contribution in [2.45, 2.75) is 32.4 Å². The molecule has 1 fully saturated rings. The molecule has 0 aliphatic carbocycles. The van der Waals surface area contributed by atoms with E-state index in [1.54, 1.807) is 0 Å². The first-order chi connectivity index (χ1) is 7.79. The average Bonchev–Trinajstić information content (AvgIpc) is 2.81. The maximum Gasteiger partial charge on any atom is 0.0289 e. The second-order valence-corrected chi connectivity index (χ2v) is 4.74. The molecular formula is C14H22N2. The quantitative estimate of drug-likeness (QED) is 0.835. The Morgan fingerprint density at radius 2 is 2.06 bits per heavy atom. The van der Waals surface area contributed by atoms with Gasteiger partial charge in [0, 0.05) is 12.6 Å². The van der Waals surface area contributed by atoms with Gasteiger partial charge in [-0.2, -0.15) is 0 Å². The highest BCUT2D eigenvalue weighted by atomic mass is 15.1. The largest absolute Gasteiger partial charge is 0.313 e. The van der Waals surface area contributed by atoms with E-state index in [-0.39, 0.29) is 0 Å². The van der Waals surface area contributed by atoms with Crippen molar-refractivity contribution < 1.29 is 0 Å². The molecule has 0 bridgehead atoms. The van der Waals surface area contributed by atoms with Gasteiger partial charge >= 0.3 is 0 Å². The lowest BCUT2D eigenvalue weighted by Crippen LogP contribution is -2.19. The van der Waals surface area contributed by atoms with Crippen molar-refractivity contribution in [3.8, 4) is 0 Å². The Morgan fingerprint density at radius 1 is 1.31 bits per heavy atom. The Morgan fingerprint density at radius 3 is 2.75 bits per heavy atom. The topological polar surface area (TPSA) is 15.3 Å². The molecule has 2 rings (SSSR count). The zero-order valence-corrected chi connectivity index (χ0v) is 10.4. The monoisotopic (exact) mass is 218 g/mol. The van der Waals surface area contributed by atoms with Gasteiger partial charge in [-0.3, -0.25) is 4.90 Å². The summed E-state index contributed by atoms with van der Waals surface area (Å²) in [6.07, 6.45) is 2.74. The summed E-state index contributed by atoms with van der Waals surface area (Å²) >= 11 is 0. The molecule has 0 unspecified atom stereocenters. The summed E-state index contributed by atoms with van der Waals surface area (Å²) in [6.45, 7) is 5.86. The van der Waals surface area contributed by atoms with E-state index in [4.69, 9.17) is 0 Å². The normalized spacial score (nSPS) is 18.9. The van der Waals surface area contributed by atoms with E-state index in [0.717, 1.165) is 6.54 Å². The number of nitrogens with zero attached hydrogens (tertiary/aromatic N) is 1. The van der Waals surface area contributed by atoms with Crippen molar-refractivity contribution in [2.75, 3.05) is 20.1 Å². The van der Waals surface area contributed by atoms with E-state index in [2.05, 4.69) is 41.4 Å². The number of hydrogen-bond donors (Lipinski definition) is 1. The van der Waals surface area contributed by atoms with Crippen LogP contribution in [0.1, 0.15) is 36.9 Å². The Labute approximate surface area is 98.7 Å². The number of likely N-dealkylation sites (tertiary alicyclic amines) is 1. The summed E-state index contributed by atoms with van der Waals surface area (Å²) in [4.78, 5) is 2.54. The Bertz CT molecular complexity index is 329. The highest BCUT2D eigenvalue weighted by Crippen LogP contribution is 2.17. The zero-order valence-electron chi connectivity index (χ0n) is 10.4. The third-order valence-electron chi connectivity index (χ3n) is 3.49. The van der Waals surface area contributed by atoms with E-state index in [9.17, 15) is 0 Å². The minimum atomic E-state index is 0.443. The summed E-state index contributed by atoms with van der Waals surface area (Å²) in [5.74, 6) is 0. The molecule has 2 nitrogen and oxygen atoms in total. The van der Waals surface area contributed by atoms with Gasteiger partial charge < -0.3 is 5.32 Å². The van der Waals surface area contributed by atoms with Crippen molar-refractivity contribution in [2.24, 2.45) is 0 Å². The lowest BCUT2D eigenvalue weighted by Gasteiger charge is -2.16. The lowest BCUT2D eigenvalue weighted by molar-refractivity contribution is 0.331. The molecule has 1 aliphatic heterocycles. The molecule has 1 aromatic carbocycles. The number of benzene rings is 1. The zero-order chi connectivity index (χ0) is 11.4. The summed E-state index contributed by atoms with van der Waals surface area (Å²) in [7, 11) is 2.01. The van der Waals surface area contributed by atoms with E-state index < -0.39 is 0 Å². The summed E-state index contributed by atoms with van der Waals surface area (Å²) in [5.41, 5.74) is 2.83. The summed E-state index contributed by atoms with van der Waals surface area (Å²) in [5, 5.41) is 3.29. The Hall–Kier alpha value is -0.860. The molecule has 1 aliphatic rings. The molecule has 2 heteroatoms. The molecule has 1 heterocycles. The number of rotatable bonds is 4. The molecule has 0 aromatic heterocycles.